The van der Waals surface area contributed by atoms with Gasteiger partial charge in [0.15, 0.2) is 0 Å². The molecule has 0 aliphatic rings. The predicted molar refractivity (Wildman–Crippen MR) is 53.0 cm³/mol. The minimum absolute atomic E-state index is 0.339. The second-order valence-electron chi connectivity index (χ2n) is 2.34. The molecule has 0 spiro atoms. The van der Waals surface area contributed by atoms with E-state index in [1.807, 2.05) is 0 Å². The van der Waals surface area contributed by atoms with Gasteiger partial charge in [0.1, 0.15) is 5.15 Å². The van der Waals surface area contributed by atoms with E-state index in [2.05, 4.69) is 4.98 Å². The molecule has 13 heavy (non-hydrogen) atoms. The number of nitrogens with zero attached hydrogens (tertiary/aromatic N) is 1. The first kappa shape index (κ1) is 10.2. The summed E-state index contributed by atoms with van der Waals surface area (Å²) >= 11 is 7.04. The minimum atomic E-state index is -0.910. The van der Waals surface area contributed by atoms with E-state index in [1.165, 1.54) is 11.3 Å². The van der Waals surface area contributed by atoms with E-state index in [1.54, 1.807) is 18.5 Å². The van der Waals surface area contributed by atoms with Crippen LogP contribution in [0.2, 0.25) is 5.15 Å². The quantitative estimate of drug-likeness (QED) is 0.792. The number of carboxylic acids is 1. The Balaban J connectivity index is 2.98. The summed E-state index contributed by atoms with van der Waals surface area (Å²) in [4.78, 5) is 15.1. The average molecular weight is 218 g/mol. The van der Waals surface area contributed by atoms with Gasteiger partial charge in [-0.15, -0.1) is 11.3 Å². The fourth-order valence-electron chi connectivity index (χ4n) is 0.808. The summed E-state index contributed by atoms with van der Waals surface area (Å²) in [5.41, 5.74) is 1.93. The van der Waals surface area contributed by atoms with E-state index in [4.69, 9.17) is 16.7 Å². The van der Waals surface area contributed by atoms with Crippen molar-refractivity contribution in [3.05, 3.63) is 21.1 Å². The second-order valence-corrected chi connectivity index (χ2v) is 3.58. The number of hydrogen-bond acceptors (Lipinski definition) is 3. The third-order valence-electron chi connectivity index (χ3n) is 1.51. The molecule has 70 valence electrons. The van der Waals surface area contributed by atoms with Crippen molar-refractivity contribution in [1.82, 2.24) is 4.98 Å². The molecule has 0 amide bonds. The lowest BCUT2D eigenvalue weighted by atomic mass is 10.2. The first-order valence-electron chi connectivity index (χ1n) is 3.68. The van der Waals surface area contributed by atoms with Gasteiger partial charge >= 0.3 is 5.97 Å². The van der Waals surface area contributed by atoms with Gasteiger partial charge in [-0.3, -0.25) is 0 Å². The van der Waals surface area contributed by atoms with E-state index < -0.39 is 5.97 Å². The maximum atomic E-state index is 10.6. The zero-order chi connectivity index (χ0) is 9.84. The molecule has 0 aliphatic heterocycles. The molecular weight excluding hydrogens is 210 g/mol. The standard InChI is InChI=1S/C8H8ClNO2S/c1-2-5(8(11)12)3-6-7(9)10-4-13-6/h3-4H,2H2,1H3,(H,11,12)/b5-3+. The van der Waals surface area contributed by atoms with Crippen molar-refractivity contribution in [2.75, 3.05) is 0 Å². The van der Waals surface area contributed by atoms with Gasteiger partial charge in [-0.05, 0) is 12.5 Å². The third kappa shape index (κ3) is 2.54. The highest BCUT2D eigenvalue weighted by Gasteiger charge is 2.07. The normalized spacial score (nSPS) is 11.7. The van der Waals surface area contributed by atoms with Crippen LogP contribution >= 0.6 is 22.9 Å². The summed E-state index contributed by atoms with van der Waals surface area (Å²) in [5.74, 6) is -0.910. The lowest BCUT2D eigenvalue weighted by Crippen LogP contribution is -1.98. The smallest absolute Gasteiger partial charge is 0.331 e. The Hall–Kier alpha value is -0.870. The van der Waals surface area contributed by atoms with Gasteiger partial charge in [0.05, 0.1) is 10.4 Å². The molecule has 1 aromatic heterocycles. The predicted octanol–water partition coefficient (Wildman–Crippen LogP) is 2.67. The summed E-state index contributed by atoms with van der Waals surface area (Å²) in [7, 11) is 0. The van der Waals surface area contributed by atoms with Crippen LogP contribution in [0.4, 0.5) is 0 Å². The molecule has 1 rings (SSSR count). The highest BCUT2D eigenvalue weighted by atomic mass is 35.5. The monoisotopic (exact) mass is 217 g/mol. The number of rotatable bonds is 3. The molecule has 3 nitrogen and oxygen atoms in total. The summed E-state index contributed by atoms with van der Waals surface area (Å²) in [6, 6.07) is 0. The third-order valence-corrected chi connectivity index (χ3v) is 2.70. The van der Waals surface area contributed by atoms with E-state index in [9.17, 15) is 4.79 Å². The van der Waals surface area contributed by atoms with Crippen molar-refractivity contribution in [3.63, 3.8) is 0 Å². The fraction of sp³-hybridized carbons (Fsp3) is 0.250. The summed E-state index contributed by atoms with van der Waals surface area (Å²) in [6.07, 6.45) is 2.03. The topological polar surface area (TPSA) is 50.2 Å². The maximum absolute atomic E-state index is 10.6. The van der Waals surface area contributed by atoms with Crippen LogP contribution in [0.3, 0.4) is 0 Å². The number of thiazole rings is 1. The van der Waals surface area contributed by atoms with Gasteiger partial charge < -0.3 is 5.11 Å². The Morgan fingerprint density at radius 1 is 1.85 bits per heavy atom. The van der Waals surface area contributed by atoms with Crippen molar-refractivity contribution in [3.8, 4) is 0 Å². The average Bonchev–Trinajstić information content (AvgIpc) is 2.46. The fourth-order valence-corrected chi connectivity index (χ4v) is 1.74. The van der Waals surface area contributed by atoms with Crippen LogP contribution < -0.4 is 0 Å². The molecule has 0 saturated carbocycles. The largest absolute Gasteiger partial charge is 0.478 e. The van der Waals surface area contributed by atoms with Crippen LogP contribution in [0, 0.1) is 0 Å². The Morgan fingerprint density at radius 2 is 2.54 bits per heavy atom. The number of carbonyl (C=O) groups is 1. The van der Waals surface area contributed by atoms with Gasteiger partial charge in [0, 0.05) is 5.57 Å². The van der Waals surface area contributed by atoms with Crippen LogP contribution in [0.5, 0.6) is 0 Å². The SMILES string of the molecule is CC/C(=C\c1scnc1Cl)C(=O)O. The molecule has 1 heterocycles. The molecule has 1 N–H and O–H groups in total. The molecule has 0 aliphatic carbocycles. The van der Waals surface area contributed by atoms with E-state index in [0.29, 0.717) is 22.0 Å². The van der Waals surface area contributed by atoms with Crippen LogP contribution in [0.15, 0.2) is 11.1 Å². The van der Waals surface area contributed by atoms with Crippen LogP contribution in [0.1, 0.15) is 18.2 Å². The molecule has 0 atom stereocenters. The van der Waals surface area contributed by atoms with Gasteiger partial charge in [0.2, 0.25) is 0 Å². The van der Waals surface area contributed by atoms with Gasteiger partial charge in [-0.2, -0.15) is 0 Å². The molecule has 5 heteroatoms. The number of halogens is 1. The maximum Gasteiger partial charge on any atom is 0.331 e. The molecule has 0 saturated heterocycles. The van der Waals surface area contributed by atoms with E-state index >= 15 is 0 Å². The van der Waals surface area contributed by atoms with Gasteiger partial charge in [0.25, 0.3) is 0 Å². The Labute approximate surface area is 84.7 Å². The van der Waals surface area contributed by atoms with Crippen molar-refractivity contribution >= 4 is 35.0 Å². The highest BCUT2D eigenvalue weighted by Crippen LogP contribution is 2.22. The molecule has 0 aromatic carbocycles. The number of aliphatic carboxylic acids is 1. The first-order valence-corrected chi connectivity index (χ1v) is 4.93. The Morgan fingerprint density at radius 3 is 2.92 bits per heavy atom. The number of hydrogen-bond donors (Lipinski definition) is 1. The Bertz CT molecular complexity index is 346. The van der Waals surface area contributed by atoms with Crippen molar-refractivity contribution < 1.29 is 9.90 Å². The number of carboxylic acid groups (broad SMARTS) is 1. The minimum Gasteiger partial charge on any atom is -0.478 e. The van der Waals surface area contributed by atoms with Gasteiger partial charge in [-0.1, -0.05) is 18.5 Å². The molecule has 0 radical (unpaired) electrons. The van der Waals surface area contributed by atoms with E-state index in [0.717, 1.165) is 0 Å². The van der Waals surface area contributed by atoms with Gasteiger partial charge in [-0.25, -0.2) is 9.78 Å². The lowest BCUT2D eigenvalue weighted by Gasteiger charge is -1.95. The summed E-state index contributed by atoms with van der Waals surface area (Å²) < 4.78 is 0. The van der Waals surface area contributed by atoms with Crippen molar-refractivity contribution in [1.29, 1.82) is 0 Å². The summed E-state index contributed by atoms with van der Waals surface area (Å²) in [5, 5.41) is 9.09. The van der Waals surface area contributed by atoms with Crippen molar-refractivity contribution in [2.24, 2.45) is 0 Å². The first-order chi connectivity index (χ1) is 6.15. The Kier molecular flexibility index (Phi) is 3.45. The van der Waals surface area contributed by atoms with Crippen LogP contribution in [-0.4, -0.2) is 16.1 Å². The second kappa shape index (κ2) is 4.39. The van der Waals surface area contributed by atoms with Crippen molar-refractivity contribution in [2.45, 2.75) is 13.3 Å². The van der Waals surface area contributed by atoms with E-state index in [-0.39, 0.29) is 0 Å². The zero-order valence-electron chi connectivity index (χ0n) is 6.95. The molecule has 1 aromatic rings. The number of aromatic nitrogens is 1. The molecular formula is C8H8ClNO2S. The summed E-state index contributed by atoms with van der Waals surface area (Å²) in [6.45, 7) is 1.79. The van der Waals surface area contributed by atoms with Crippen LogP contribution in [-0.2, 0) is 4.79 Å². The zero-order valence-corrected chi connectivity index (χ0v) is 8.52. The molecule has 0 bridgehead atoms. The highest BCUT2D eigenvalue weighted by molar-refractivity contribution is 7.11. The molecule has 0 fully saturated rings. The molecule has 0 unspecified atom stereocenters. The van der Waals surface area contributed by atoms with Crippen LogP contribution in [0.25, 0.3) is 6.08 Å². The lowest BCUT2D eigenvalue weighted by molar-refractivity contribution is -0.132.